The summed E-state index contributed by atoms with van der Waals surface area (Å²) >= 11 is 1.57. The molecule has 2 aliphatic heterocycles. The van der Waals surface area contributed by atoms with Gasteiger partial charge in [0.25, 0.3) is 0 Å². The first kappa shape index (κ1) is 20.3. The normalized spacial score (nSPS) is 15.5. The zero-order chi connectivity index (χ0) is 22.4. The minimum atomic E-state index is -0.694. The molecule has 5 heterocycles. The van der Waals surface area contributed by atoms with Crippen LogP contribution in [0.2, 0.25) is 0 Å². The fourth-order valence-corrected chi connectivity index (χ4v) is 5.36. The van der Waals surface area contributed by atoms with Gasteiger partial charge < -0.3 is 15.0 Å². The number of nitrogens with zero attached hydrogens (tertiary/aromatic N) is 5. The van der Waals surface area contributed by atoms with Crippen molar-refractivity contribution in [2.45, 2.75) is 6.42 Å². The highest BCUT2D eigenvalue weighted by Crippen LogP contribution is 2.42. The Hall–Kier alpha value is -3.37. The van der Waals surface area contributed by atoms with Gasteiger partial charge in [-0.1, -0.05) is 0 Å². The van der Waals surface area contributed by atoms with Gasteiger partial charge in [0.15, 0.2) is 11.6 Å². The van der Waals surface area contributed by atoms with Crippen molar-refractivity contribution in [3.8, 4) is 33.4 Å². The van der Waals surface area contributed by atoms with Gasteiger partial charge in [-0.3, -0.25) is 0 Å². The number of pyridine rings is 1. The highest BCUT2D eigenvalue weighted by molar-refractivity contribution is 7.16. The lowest BCUT2D eigenvalue weighted by Gasteiger charge is -2.28. The molecule has 6 rings (SSSR count). The van der Waals surface area contributed by atoms with Crippen molar-refractivity contribution < 1.29 is 13.5 Å². The van der Waals surface area contributed by atoms with Crippen molar-refractivity contribution in [3.05, 3.63) is 59.2 Å². The summed E-state index contributed by atoms with van der Waals surface area (Å²) in [5.74, 6) is 0.850. The maximum absolute atomic E-state index is 14.4. The van der Waals surface area contributed by atoms with Crippen molar-refractivity contribution >= 4 is 17.2 Å². The van der Waals surface area contributed by atoms with E-state index in [1.165, 1.54) is 23.1 Å². The summed E-state index contributed by atoms with van der Waals surface area (Å²) in [7, 11) is 0. The van der Waals surface area contributed by atoms with Crippen LogP contribution in [0, 0.1) is 11.6 Å². The first-order valence-corrected chi connectivity index (χ1v) is 11.6. The molecule has 0 radical (unpaired) electrons. The first-order valence-electron chi connectivity index (χ1n) is 10.8. The van der Waals surface area contributed by atoms with E-state index >= 15 is 0 Å². The van der Waals surface area contributed by atoms with Crippen LogP contribution in [0.3, 0.4) is 0 Å². The van der Waals surface area contributed by atoms with Crippen LogP contribution >= 0.6 is 11.3 Å². The van der Waals surface area contributed by atoms with E-state index in [4.69, 9.17) is 9.72 Å². The molecule has 168 valence electrons. The van der Waals surface area contributed by atoms with Gasteiger partial charge in [-0.2, -0.15) is 5.10 Å². The number of fused-ring (bicyclic) bond motifs is 3. The molecule has 0 saturated carbocycles. The summed E-state index contributed by atoms with van der Waals surface area (Å²) in [5.41, 5.74) is 1.95. The van der Waals surface area contributed by atoms with Crippen molar-refractivity contribution in [2.75, 3.05) is 37.7 Å². The number of anilines is 1. The predicted octanol–water partition coefficient (Wildman–Crippen LogP) is 3.68. The molecule has 4 aromatic rings. The molecule has 0 aliphatic carbocycles. The van der Waals surface area contributed by atoms with E-state index in [0.29, 0.717) is 12.4 Å². The summed E-state index contributed by atoms with van der Waals surface area (Å²) < 4.78 is 35.2. The molecule has 1 fully saturated rings. The van der Waals surface area contributed by atoms with Gasteiger partial charge >= 0.3 is 0 Å². The second-order valence-electron chi connectivity index (χ2n) is 7.89. The summed E-state index contributed by atoms with van der Waals surface area (Å²) in [6.07, 6.45) is 2.11. The molecule has 0 unspecified atom stereocenters. The van der Waals surface area contributed by atoms with Crippen LogP contribution < -0.4 is 15.0 Å². The number of hydrogen-bond acceptors (Lipinski definition) is 7. The summed E-state index contributed by atoms with van der Waals surface area (Å²) in [5, 5.41) is 7.56. The molecule has 3 aromatic heterocycles. The SMILES string of the molecule is Fc1ccc(-n2ncnc2-c2cc3c(s2)CCOc2ccc(N4CCNCC4)nc2-3)c(F)c1. The Labute approximate surface area is 192 Å². The fraction of sp³-hybridized carbons (Fsp3) is 0.261. The van der Waals surface area contributed by atoms with Gasteiger partial charge in [-0.05, 0) is 30.3 Å². The van der Waals surface area contributed by atoms with Crippen LogP contribution in [0.25, 0.3) is 27.6 Å². The van der Waals surface area contributed by atoms with Crippen molar-refractivity contribution in [1.82, 2.24) is 25.1 Å². The zero-order valence-corrected chi connectivity index (χ0v) is 18.4. The molecular formula is C23H20F2N6OS. The number of ether oxygens (including phenoxy) is 1. The summed E-state index contributed by atoms with van der Waals surface area (Å²) in [4.78, 5) is 13.6. The van der Waals surface area contributed by atoms with Crippen LogP contribution in [0.1, 0.15) is 4.88 Å². The molecular weight excluding hydrogens is 446 g/mol. The van der Waals surface area contributed by atoms with Crippen LogP contribution in [0.15, 0.2) is 42.7 Å². The van der Waals surface area contributed by atoms with E-state index in [9.17, 15) is 8.78 Å². The van der Waals surface area contributed by atoms with Crippen molar-refractivity contribution in [2.24, 2.45) is 0 Å². The quantitative estimate of drug-likeness (QED) is 0.497. The van der Waals surface area contributed by atoms with E-state index < -0.39 is 11.6 Å². The lowest BCUT2D eigenvalue weighted by atomic mass is 10.1. The zero-order valence-electron chi connectivity index (χ0n) is 17.6. The molecule has 0 bridgehead atoms. The molecule has 2 aliphatic rings. The Morgan fingerprint density at radius 1 is 1.06 bits per heavy atom. The maximum atomic E-state index is 14.4. The summed E-state index contributed by atoms with van der Waals surface area (Å²) in [6, 6.07) is 9.44. The fourth-order valence-electron chi connectivity index (χ4n) is 4.23. The van der Waals surface area contributed by atoms with Gasteiger partial charge in [0.1, 0.15) is 35.1 Å². The topological polar surface area (TPSA) is 68.1 Å². The molecule has 0 amide bonds. The molecule has 0 spiro atoms. The van der Waals surface area contributed by atoms with E-state index in [0.717, 1.165) is 71.2 Å². The number of aromatic nitrogens is 4. The Kier molecular flexibility index (Phi) is 5.03. The van der Waals surface area contributed by atoms with Gasteiger partial charge in [0.05, 0.1) is 11.5 Å². The van der Waals surface area contributed by atoms with Crippen molar-refractivity contribution in [3.63, 3.8) is 0 Å². The number of piperazine rings is 1. The van der Waals surface area contributed by atoms with Gasteiger partial charge in [-0.15, -0.1) is 11.3 Å². The van der Waals surface area contributed by atoms with Crippen LogP contribution in [-0.2, 0) is 6.42 Å². The minimum absolute atomic E-state index is 0.148. The molecule has 1 N–H and O–H groups in total. The maximum Gasteiger partial charge on any atom is 0.173 e. The average molecular weight is 467 g/mol. The molecule has 10 heteroatoms. The second-order valence-corrected chi connectivity index (χ2v) is 9.03. The molecule has 1 saturated heterocycles. The third-order valence-corrected chi connectivity index (χ3v) is 7.03. The number of benzene rings is 1. The smallest absolute Gasteiger partial charge is 0.173 e. The van der Waals surface area contributed by atoms with Gasteiger partial charge in [0, 0.05) is 49.1 Å². The number of rotatable bonds is 3. The number of nitrogens with one attached hydrogen (secondary N) is 1. The monoisotopic (exact) mass is 466 g/mol. The van der Waals surface area contributed by atoms with E-state index in [1.807, 2.05) is 18.2 Å². The van der Waals surface area contributed by atoms with E-state index in [1.54, 1.807) is 11.3 Å². The third kappa shape index (κ3) is 3.65. The molecule has 0 atom stereocenters. The Morgan fingerprint density at radius 3 is 2.79 bits per heavy atom. The van der Waals surface area contributed by atoms with Crippen LogP contribution in [0.4, 0.5) is 14.6 Å². The van der Waals surface area contributed by atoms with Crippen LogP contribution in [-0.4, -0.2) is 52.5 Å². The van der Waals surface area contributed by atoms with E-state index in [-0.39, 0.29) is 5.69 Å². The highest BCUT2D eigenvalue weighted by atomic mass is 32.1. The summed E-state index contributed by atoms with van der Waals surface area (Å²) in [6.45, 7) is 4.22. The molecule has 33 heavy (non-hydrogen) atoms. The number of thiophene rings is 1. The van der Waals surface area contributed by atoms with Crippen LogP contribution in [0.5, 0.6) is 5.75 Å². The number of halogens is 2. The third-order valence-electron chi connectivity index (χ3n) is 5.84. The Bertz CT molecular complexity index is 1330. The first-order chi connectivity index (χ1) is 16.2. The highest BCUT2D eigenvalue weighted by Gasteiger charge is 2.24. The number of hydrogen-bond donors (Lipinski definition) is 1. The van der Waals surface area contributed by atoms with Gasteiger partial charge in [-0.25, -0.2) is 23.4 Å². The minimum Gasteiger partial charge on any atom is -0.491 e. The second kappa shape index (κ2) is 8.20. The lowest BCUT2D eigenvalue weighted by molar-refractivity contribution is 0.326. The lowest BCUT2D eigenvalue weighted by Crippen LogP contribution is -2.43. The average Bonchev–Trinajstić information content (AvgIpc) is 3.44. The van der Waals surface area contributed by atoms with Gasteiger partial charge in [0.2, 0.25) is 0 Å². The molecule has 1 aromatic carbocycles. The Morgan fingerprint density at radius 2 is 1.94 bits per heavy atom. The Balaban J connectivity index is 1.43. The molecule has 7 nitrogen and oxygen atoms in total. The largest absolute Gasteiger partial charge is 0.491 e. The predicted molar refractivity (Wildman–Crippen MR) is 122 cm³/mol. The standard InChI is InChI=1S/C23H20F2N6OS/c24-14-1-2-17(16(25)11-14)31-23(27-13-28-31)20-12-15-19(33-20)5-10-32-18-3-4-21(29-22(15)18)30-8-6-26-7-9-30/h1-4,11-13,26H,5-10H2. The van der Waals surface area contributed by atoms with Crippen molar-refractivity contribution in [1.29, 1.82) is 0 Å². The van der Waals surface area contributed by atoms with E-state index in [2.05, 4.69) is 20.3 Å².